The van der Waals surface area contributed by atoms with E-state index in [1.165, 1.54) is 0 Å². The second kappa shape index (κ2) is 7.62. The molecule has 90 valence electrons. The number of rotatable bonds is 6. The van der Waals surface area contributed by atoms with Crippen molar-refractivity contribution in [3.05, 3.63) is 33.8 Å². The van der Waals surface area contributed by atoms with Gasteiger partial charge in [-0.05, 0) is 23.8 Å². The Kier molecular flexibility index (Phi) is 6.86. The third-order valence-electron chi connectivity index (χ3n) is 2.13. The van der Waals surface area contributed by atoms with Crippen LogP contribution in [-0.4, -0.2) is 29.7 Å². The summed E-state index contributed by atoms with van der Waals surface area (Å²) in [4.78, 5) is 2.17. The molecule has 0 atom stereocenters. The second-order valence-corrected chi connectivity index (χ2v) is 5.06. The lowest BCUT2D eigenvalue weighted by Gasteiger charge is -2.20. The zero-order valence-electron chi connectivity index (χ0n) is 8.73. The van der Waals surface area contributed by atoms with Crippen molar-refractivity contribution >= 4 is 46.4 Å². The van der Waals surface area contributed by atoms with Crippen LogP contribution >= 0.6 is 46.4 Å². The lowest BCUT2D eigenvalue weighted by molar-refractivity contribution is 0.299. The highest BCUT2D eigenvalue weighted by Crippen LogP contribution is 2.20. The van der Waals surface area contributed by atoms with E-state index in [1.54, 1.807) is 6.07 Å². The fourth-order valence-electron chi connectivity index (χ4n) is 1.47. The van der Waals surface area contributed by atoms with Crippen molar-refractivity contribution in [2.24, 2.45) is 0 Å². The average molecular weight is 301 g/mol. The maximum atomic E-state index is 5.93. The number of hydrogen-bond donors (Lipinski definition) is 0. The van der Waals surface area contributed by atoms with Gasteiger partial charge in [0.25, 0.3) is 0 Å². The summed E-state index contributed by atoms with van der Waals surface area (Å²) >= 11 is 23.3. The van der Waals surface area contributed by atoms with Crippen LogP contribution in [0.1, 0.15) is 5.56 Å². The van der Waals surface area contributed by atoms with E-state index in [2.05, 4.69) is 4.90 Å². The monoisotopic (exact) mass is 299 g/mol. The van der Waals surface area contributed by atoms with Gasteiger partial charge in [-0.2, -0.15) is 0 Å². The van der Waals surface area contributed by atoms with Crippen LogP contribution in [0.3, 0.4) is 0 Å². The van der Waals surface area contributed by atoms with Crippen molar-refractivity contribution in [1.29, 1.82) is 0 Å². The standard InChI is InChI=1S/C11H13Cl4N/c12-1-3-16(4-2-13)8-9-5-10(14)7-11(15)6-9/h5-7H,1-4,8H2. The first-order valence-electron chi connectivity index (χ1n) is 4.95. The summed E-state index contributed by atoms with van der Waals surface area (Å²) in [5, 5.41) is 1.30. The van der Waals surface area contributed by atoms with E-state index in [0.29, 0.717) is 21.8 Å². The molecule has 0 aliphatic carbocycles. The highest BCUT2D eigenvalue weighted by atomic mass is 35.5. The molecule has 0 saturated carbocycles. The first kappa shape index (κ1) is 14.4. The first-order chi connectivity index (χ1) is 7.65. The van der Waals surface area contributed by atoms with Gasteiger partial charge in [0.05, 0.1) is 0 Å². The Bertz CT molecular complexity index is 304. The van der Waals surface area contributed by atoms with Gasteiger partial charge in [-0.3, -0.25) is 4.90 Å². The summed E-state index contributed by atoms with van der Waals surface area (Å²) in [6, 6.07) is 5.53. The van der Waals surface area contributed by atoms with E-state index in [0.717, 1.165) is 25.2 Å². The molecule has 0 radical (unpaired) electrons. The van der Waals surface area contributed by atoms with Crippen LogP contribution in [0.4, 0.5) is 0 Å². The van der Waals surface area contributed by atoms with Crippen molar-refractivity contribution in [3.8, 4) is 0 Å². The summed E-state index contributed by atoms with van der Waals surface area (Å²) in [6.45, 7) is 2.37. The Morgan fingerprint density at radius 3 is 1.81 bits per heavy atom. The first-order valence-corrected chi connectivity index (χ1v) is 6.77. The van der Waals surface area contributed by atoms with Crippen LogP contribution < -0.4 is 0 Å². The minimum atomic E-state index is 0.588. The lowest BCUT2D eigenvalue weighted by Crippen LogP contribution is -2.27. The summed E-state index contributed by atoms with van der Waals surface area (Å²) in [5.74, 6) is 1.18. The second-order valence-electron chi connectivity index (χ2n) is 3.43. The molecule has 0 aliphatic heterocycles. The molecule has 0 saturated heterocycles. The largest absolute Gasteiger partial charge is 0.297 e. The molecule has 0 bridgehead atoms. The average Bonchev–Trinajstić information content (AvgIpc) is 2.16. The predicted octanol–water partition coefficient (Wildman–Crippen LogP) is 4.27. The van der Waals surface area contributed by atoms with Crippen LogP contribution in [0.15, 0.2) is 18.2 Å². The predicted molar refractivity (Wildman–Crippen MR) is 73.2 cm³/mol. The zero-order valence-corrected chi connectivity index (χ0v) is 11.8. The molecule has 0 amide bonds. The van der Waals surface area contributed by atoms with E-state index in [4.69, 9.17) is 46.4 Å². The molecule has 1 nitrogen and oxygen atoms in total. The van der Waals surface area contributed by atoms with Gasteiger partial charge in [-0.25, -0.2) is 0 Å². The fraction of sp³-hybridized carbons (Fsp3) is 0.455. The van der Waals surface area contributed by atoms with Gasteiger partial charge < -0.3 is 0 Å². The normalized spacial score (nSPS) is 11.1. The Morgan fingerprint density at radius 1 is 0.875 bits per heavy atom. The molecule has 0 unspecified atom stereocenters. The molecule has 1 rings (SSSR count). The van der Waals surface area contributed by atoms with E-state index < -0.39 is 0 Å². The van der Waals surface area contributed by atoms with Crippen molar-refractivity contribution < 1.29 is 0 Å². The van der Waals surface area contributed by atoms with E-state index >= 15 is 0 Å². The minimum absolute atomic E-state index is 0.588. The number of hydrogen-bond acceptors (Lipinski definition) is 1. The SMILES string of the molecule is ClCCN(CCCl)Cc1cc(Cl)cc(Cl)c1. The summed E-state index contributed by atoms with van der Waals surface area (Å²) in [7, 11) is 0. The highest BCUT2D eigenvalue weighted by Gasteiger charge is 2.06. The Labute approximate surface area is 116 Å². The van der Waals surface area contributed by atoms with Gasteiger partial charge in [0.1, 0.15) is 0 Å². The fourth-order valence-corrected chi connectivity index (χ4v) is 2.52. The maximum absolute atomic E-state index is 5.93. The van der Waals surface area contributed by atoms with Gasteiger partial charge in [-0.15, -0.1) is 23.2 Å². The molecule has 0 fully saturated rings. The number of benzene rings is 1. The van der Waals surface area contributed by atoms with Crippen molar-refractivity contribution in [3.63, 3.8) is 0 Å². The van der Waals surface area contributed by atoms with Gasteiger partial charge in [0.15, 0.2) is 0 Å². The van der Waals surface area contributed by atoms with Gasteiger partial charge in [0.2, 0.25) is 0 Å². The highest BCUT2D eigenvalue weighted by molar-refractivity contribution is 6.34. The smallest absolute Gasteiger partial charge is 0.0424 e. The molecule has 0 heterocycles. The summed E-state index contributed by atoms with van der Waals surface area (Å²) < 4.78 is 0. The molecule has 5 heteroatoms. The van der Waals surface area contributed by atoms with Gasteiger partial charge in [-0.1, -0.05) is 23.2 Å². The Morgan fingerprint density at radius 2 is 1.38 bits per heavy atom. The maximum Gasteiger partial charge on any atom is 0.0424 e. The molecular formula is C11H13Cl4N. The Balaban J connectivity index is 2.68. The van der Waals surface area contributed by atoms with Crippen LogP contribution in [-0.2, 0) is 6.54 Å². The summed E-state index contributed by atoms with van der Waals surface area (Å²) in [6.07, 6.45) is 0. The van der Waals surface area contributed by atoms with Gasteiger partial charge in [0, 0.05) is 41.4 Å². The van der Waals surface area contributed by atoms with Crippen molar-refractivity contribution in [1.82, 2.24) is 4.90 Å². The molecule has 1 aromatic carbocycles. The minimum Gasteiger partial charge on any atom is -0.297 e. The summed E-state index contributed by atoms with van der Waals surface area (Å²) in [5.41, 5.74) is 1.08. The molecule has 0 N–H and O–H groups in total. The molecule has 0 aliphatic rings. The number of alkyl halides is 2. The zero-order chi connectivity index (χ0) is 12.0. The molecule has 0 aromatic heterocycles. The molecular weight excluding hydrogens is 288 g/mol. The third-order valence-corrected chi connectivity index (χ3v) is 2.90. The van der Waals surface area contributed by atoms with Gasteiger partial charge >= 0.3 is 0 Å². The van der Waals surface area contributed by atoms with E-state index in [-0.39, 0.29) is 0 Å². The number of nitrogens with zero attached hydrogens (tertiary/aromatic N) is 1. The van der Waals surface area contributed by atoms with Crippen LogP contribution in [0.5, 0.6) is 0 Å². The Hall–Kier alpha value is 0.340. The van der Waals surface area contributed by atoms with Crippen LogP contribution in [0.25, 0.3) is 0 Å². The third kappa shape index (κ3) is 5.11. The molecule has 0 spiro atoms. The lowest BCUT2D eigenvalue weighted by atomic mass is 10.2. The van der Waals surface area contributed by atoms with E-state index in [9.17, 15) is 0 Å². The van der Waals surface area contributed by atoms with Crippen molar-refractivity contribution in [2.45, 2.75) is 6.54 Å². The number of halogens is 4. The van der Waals surface area contributed by atoms with Crippen LogP contribution in [0.2, 0.25) is 10.0 Å². The van der Waals surface area contributed by atoms with Crippen LogP contribution in [0, 0.1) is 0 Å². The molecule has 1 aromatic rings. The van der Waals surface area contributed by atoms with E-state index in [1.807, 2.05) is 12.1 Å². The topological polar surface area (TPSA) is 3.24 Å². The quantitative estimate of drug-likeness (QED) is 0.709. The molecule has 16 heavy (non-hydrogen) atoms. The van der Waals surface area contributed by atoms with Crippen molar-refractivity contribution in [2.75, 3.05) is 24.8 Å².